The van der Waals surface area contributed by atoms with Gasteiger partial charge in [0, 0.05) is 11.3 Å². The van der Waals surface area contributed by atoms with Crippen LogP contribution in [0.15, 0.2) is 29.2 Å². The summed E-state index contributed by atoms with van der Waals surface area (Å²) >= 11 is 5.40. The van der Waals surface area contributed by atoms with Gasteiger partial charge in [-0.3, -0.25) is 4.55 Å². The molecule has 0 aliphatic heterocycles. The molecular formula is C14H17NaO3S4. The molecule has 22 heavy (non-hydrogen) atoms. The Hall–Kier alpha value is 0.400. The summed E-state index contributed by atoms with van der Waals surface area (Å²) in [5, 5.41) is 0. The summed E-state index contributed by atoms with van der Waals surface area (Å²) in [5.74, 6) is 0. The molecule has 0 aliphatic carbocycles. The fourth-order valence-electron chi connectivity index (χ4n) is 1.99. The number of hydrogen-bond acceptors (Lipinski definition) is 5. The minimum atomic E-state index is -4.13. The topological polar surface area (TPSA) is 54.4 Å². The standard InChI is InChI=1S/C14H16O3S4.Na.H/c1-2-3-4-13-12(14(18)20-19-13)9-10-5-7-11(8-6-10)21(15,16)17;;/h5-8H,2-4,9H2,1H3,(H,15,16,17);;. The van der Waals surface area contributed by atoms with E-state index in [2.05, 4.69) is 6.92 Å². The maximum absolute atomic E-state index is 11.0. The van der Waals surface area contributed by atoms with Crippen LogP contribution in [0.4, 0.5) is 0 Å². The predicted octanol–water partition coefficient (Wildman–Crippen LogP) is 4.07. The van der Waals surface area contributed by atoms with Gasteiger partial charge in [-0.2, -0.15) is 8.42 Å². The van der Waals surface area contributed by atoms with Crippen molar-refractivity contribution >= 4 is 72.6 Å². The van der Waals surface area contributed by atoms with Crippen LogP contribution in [0.25, 0.3) is 0 Å². The zero-order valence-electron chi connectivity index (χ0n) is 11.5. The monoisotopic (exact) mass is 384 g/mol. The molecule has 116 valence electrons. The molecule has 0 amide bonds. The summed E-state index contributed by atoms with van der Waals surface area (Å²) < 4.78 is 32.0. The third kappa shape index (κ3) is 5.49. The van der Waals surface area contributed by atoms with Crippen molar-refractivity contribution in [3.8, 4) is 0 Å². The van der Waals surface area contributed by atoms with E-state index in [-0.39, 0.29) is 34.5 Å². The van der Waals surface area contributed by atoms with Gasteiger partial charge in [0.2, 0.25) is 0 Å². The second-order valence-corrected chi connectivity index (χ2v) is 9.08. The van der Waals surface area contributed by atoms with Gasteiger partial charge in [0.15, 0.2) is 0 Å². The summed E-state index contributed by atoms with van der Waals surface area (Å²) in [6, 6.07) is 6.30. The van der Waals surface area contributed by atoms with E-state index in [1.807, 2.05) is 0 Å². The van der Waals surface area contributed by atoms with Crippen molar-refractivity contribution in [1.29, 1.82) is 0 Å². The molecule has 1 aromatic heterocycles. The third-order valence-electron chi connectivity index (χ3n) is 3.16. The van der Waals surface area contributed by atoms with Crippen molar-refractivity contribution < 1.29 is 13.0 Å². The van der Waals surface area contributed by atoms with Crippen LogP contribution in [-0.4, -0.2) is 42.5 Å². The Morgan fingerprint density at radius 2 is 1.82 bits per heavy atom. The molecule has 0 aliphatic rings. The molecule has 0 saturated heterocycles. The number of benzene rings is 1. The molecule has 0 spiro atoms. The fourth-order valence-corrected chi connectivity index (χ4v) is 5.45. The van der Waals surface area contributed by atoms with Gasteiger partial charge in [-0.25, -0.2) is 0 Å². The van der Waals surface area contributed by atoms with Crippen molar-refractivity contribution in [1.82, 2.24) is 0 Å². The van der Waals surface area contributed by atoms with Crippen molar-refractivity contribution in [3.05, 3.63) is 44.1 Å². The number of rotatable bonds is 6. The Bertz CT molecular complexity index is 760. The van der Waals surface area contributed by atoms with Crippen LogP contribution in [0.2, 0.25) is 0 Å². The van der Waals surface area contributed by atoms with E-state index in [1.165, 1.54) is 22.6 Å². The zero-order valence-corrected chi connectivity index (χ0v) is 14.8. The Labute approximate surface area is 165 Å². The molecule has 2 rings (SSSR count). The minimum absolute atomic E-state index is 0. The molecule has 0 saturated carbocycles. The first kappa shape index (κ1) is 20.4. The number of aryl methyl sites for hydroxylation is 1. The summed E-state index contributed by atoms with van der Waals surface area (Å²) in [4.78, 5) is 1.26. The van der Waals surface area contributed by atoms with Crippen LogP contribution >= 0.6 is 32.9 Å². The Kier molecular flexibility index (Phi) is 8.39. The first-order valence-corrected chi connectivity index (χ1v) is 10.6. The number of unbranched alkanes of at least 4 members (excludes halogenated alkanes) is 1. The van der Waals surface area contributed by atoms with E-state index in [0.29, 0.717) is 6.42 Å². The molecule has 1 heterocycles. The summed E-state index contributed by atoms with van der Waals surface area (Å²) in [5.41, 5.74) is 2.19. The SMILES string of the molecule is CCCCc1ssc(=S)c1Cc1ccc(S(=O)(=O)O)cc1.[NaH]. The van der Waals surface area contributed by atoms with Gasteiger partial charge in [0.25, 0.3) is 10.1 Å². The first-order chi connectivity index (χ1) is 9.91. The molecule has 0 unspecified atom stereocenters. The normalized spacial score (nSPS) is 11.2. The summed E-state index contributed by atoms with van der Waals surface area (Å²) in [6.07, 6.45) is 4.06. The Morgan fingerprint density at radius 1 is 1.18 bits per heavy atom. The van der Waals surface area contributed by atoms with Gasteiger partial charge in [-0.15, -0.1) is 0 Å². The Balaban J connectivity index is 0.00000242. The van der Waals surface area contributed by atoms with Gasteiger partial charge in [0.1, 0.15) is 3.82 Å². The van der Waals surface area contributed by atoms with Crippen LogP contribution in [0, 0.1) is 3.82 Å². The van der Waals surface area contributed by atoms with E-state index in [9.17, 15) is 8.42 Å². The number of hydrogen-bond donors (Lipinski definition) is 1. The van der Waals surface area contributed by atoms with E-state index in [1.54, 1.807) is 32.8 Å². The molecule has 8 heteroatoms. The summed E-state index contributed by atoms with van der Waals surface area (Å²) in [6.45, 7) is 2.17. The van der Waals surface area contributed by atoms with E-state index in [0.717, 1.165) is 28.6 Å². The van der Waals surface area contributed by atoms with E-state index >= 15 is 0 Å². The van der Waals surface area contributed by atoms with Gasteiger partial charge >= 0.3 is 29.6 Å². The fraction of sp³-hybridized carbons (Fsp3) is 0.357. The van der Waals surface area contributed by atoms with Crippen molar-refractivity contribution in [2.24, 2.45) is 0 Å². The average molecular weight is 385 g/mol. The molecular weight excluding hydrogens is 367 g/mol. The van der Waals surface area contributed by atoms with Crippen LogP contribution < -0.4 is 0 Å². The Morgan fingerprint density at radius 3 is 2.36 bits per heavy atom. The second-order valence-electron chi connectivity index (χ2n) is 4.76. The molecule has 0 bridgehead atoms. The van der Waals surface area contributed by atoms with Gasteiger partial charge in [-0.05, 0) is 36.1 Å². The maximum atomic E-state index is 11.0. The molecule has 1 aromatic carbocycles. The van der Waals surface area contributed by atoms with Crippen molar-refractivity contribution in [2.45, 2.75) is 37.5 Å². The average Bonchev–Trinajstić information content (AvgIpc) is 2.77. The summed E-state index contributed by atoms with van der Waals surface area (Å²) in [7, 11) is -0.753. The third-order valence-corrected chi connectivity index (χ3v) is 7.33. The van der Waals surface area contributed by atoms with Gasteiger partial charge < -0.3 is 0 Å². The quantitative estimate of drug-likeness (QED) is 0.353. The van der Waals surface area contributed by atoms with Crippen LogP contribution in [0.1, 0.15) is 35.8 Å². The second kappa shape index (κ2) is 9.03. The van der Waals surface area contributed by atoms with Crippen molar-refractivity contribution in [3.63, 3.8) is 0 Å². The van der Waals surface area contributed by atoms with Crippen LogP contribution in [0.5, 0.6) is 0 Å². The molecule has 0 radical (unpaired) electrons. The molecule has 3 nitrogen and oxygen atoms in total. The predicted molar refractivity (Wildman–Crippen MR) is 97.9 cm³/mol. The first-order valence-electron chi connectivity index (χ1n) is 6.59. The molecule has 1 N–H and O–H groups in total. The van der Waals surface area contributed by atoms with E-state index in [4.69, 9.17) is 16.8 Å². The van der Waals surface area contributed by atoms with Crippen molar-refractivity contribution in [2.75, 3.05) is 0 Å². The molecule has 0 atom stereocenters. The zero-order chi connectivity index (χ0) is 15.5. The van der Waals surface area contributed by atoms with Gasteiger partial charge in [0.05, 0.1) is 4.90 Å². The van der Waals surface area contributed by atoms with E-state index < -0.39 is 10.1 Å². The molecule has 2 aromatic rings. The van der Waals surface area contributed by atoms with Crippen LogP contribution in [0.3, 0.4) is 0 Å². The van der Waals surface area contributed by atoms with Crippen LogP contribution in [-0.2, 0) is 23.0 Å². The molecule has 0 fully saturated rings. The van der Waals surface area contributed by atoms with Gasteiger partial charge in [-0.1, -0.05) is 58.4 Å².